The van der Waals surface area contributed by atoms with E-state index in [2.05, 4.69) is 41.2 Å². The van der Waals surface area contributed by atoms with Gasteiger partial charge in [-0.15, -0.1) is 0 Å². The van der Waals surface area contributed by atoms with Crippen LogP contribution in [0.3, 0.4) is 0 Å². The van der Waals surface area contributed by atoms with Crippen molar-refractivity contribution in [3.63, 3.8) is 0 Å². The van der Waals surface area contributed by atoms with Crippen LogP contribution in [-0.2, 0) is 20.1 Å². The minimum Gasteiger partial charge on any atom is -0.293 e. The number of rotatable bonds is 2. The molecule has 23 heavy (non-hydrogen) atoms. The summed E-state index contributed by atoms with van der Waals surface area (Å²) in [5, 5.41) is 4.76. The van der Waals surface area contributed by atoms with Gasteiger partial charge in [0.2, 0.25) is 0 Å². The van der Waals surface area contributed by atoms with Gasteiger partial charge >= 0.3 is 0 Å². The molecule has 0 saturated heterocycles. The van der Waals surface area contributed by atoms with Crippen molar-refractivity contribution in [2.75, 3.05) is 6.54 Å². The first kappa shape index (κ1) is 14.1. The predicted octanol–water partition coefficient (Wildman–Crippen LogP) is 1.71. The lowest BCUT2D eigenvalue weighted by molar-refractivity contribution is 0.152. The van der Waals surface area contributed by atoms with E-state index in [0.29, 0.717) is 17.6 Å². The maximum atomic E-state index is 12.6. The van der Waals surface area contributed by atoms with E-state index in [1.54, 1.807) is 15.4 Å². The zero-order valence-electron chi connectivity index (χ0n) is 13.3. The number of hydrogen-bond acceptors (Lipinski definition) is 4. The Kier molecular flexibility index (Phi) is 3.27. The van der Waals surface area contributed by atoms with Crippen molar-refractivity contribution in [2.24, 2.45) is 7.05 Å². The number of nitrogens with zero attached hydrogens (tertiary/aromatic N) is 5. The lowest BCUT2D eigenvalue weighted by Gasteiger charge is -2.34. The molecule has 0 aliphatic carbocycles. The molecule has 6 nitrogen and oxygen atoms in total. The number of aryl methyl sites for hydroxylation is 1. The summed E-state index contributed by atoms with van der Waals surface area (Å²) in [6.45, 7) is 4.49. The van der Waals surface area contributed by atoms with E-state index < -0.39 is 0 Å². The van der Waals surface area contributed by atoms with Gasteiger partial charge in [-0.1, -0.05) is 30.3 Å². The van der Waals surface area contributed by atoms with Crippen LogP contribution in [0.15, 0.2) is 41.3 Å². The first-order chi connectivity index (χ1) is 11.1. The second-order valence-electron chi connectivity index (χ2n) is 6.06. The summed E-state index contributed by atoms with van der Waals surface area (Å²) < 4.78 is 3.47. The van der Waals surface area contributed by atoms with Crippen LogP contribution < -0.4 is 5.56 Å². The lowest BCUT2D eigenvalue weighted by atomic mass is 10.1. The van der Waals surface area contributed by atoms with Crippen LogP contribution in [0.25, 0.3) is 11.0 Å². The van der Waals surface area contributed by atoms with E-state index in [0.717, 1.165) is 18.9 Å². The Hall–Kier alpha value is -2.47. The molecule has 0 fully saturated rings. The fourth-order valence-corrected chi connectivity index (χ4v) is 3.29. The number of fused-ring (bicyclic) bond motifs is 2. The molecule has 1 aromatic carbocycles. The van der Waals surface area contributed by atoms with Gasteiger partial charge in [-0.3, -0.25) is 18.9 Å². The summed E-state index contributed by atoms with van der Waals surface area (Å²) in [5.74, 6) is 0.827. The topological polar surface area (TPSA) is 56.0 Å². The van der Waals surface area contributed by atoms with Crippen molar-refractivity contribution in [1.29, 1.82) is 0 Å². The fraction of sp³-hybridized carbons (Fsp3) is 0.353. The third-order valence-corrected chi connectivity index (χ3v) is 4.64. The van der Waals surface area contributed by atoms with E-state index in [4.69, 9.17) is 4.98 Å². The molecule has 6 heteroatoms. The molecule has 0 bridgehead atoms. The molecule has 0 radical (unpaired) electrons. The molecule has 0 amide bonds. The average Bonchev–Trinajstić information content (AvgIpc) is 2.94. The molecular formula is C17H19N5O. The highest BCUT2D eigenvalue weighted by Crippen LogP contribution is 2.25. The molecule has 1 aliphatic rings. The molecule has 0 N–H and O–H groups in total. The van der Waals surface area contributed by atoms with Crippen LogP contribution in [0, 0.1) is 0 Å². The van der Waals surface area contributed by atoms with Gasteiger partial charge in [0, 0.05) is 26.7 Å². The van der Waals surface area contributed by atoms with Crippen LogP contribution in [0.4, 0.5) is 0 Å². The third kappa shape index (κ3) is 2.26. The van der Waals surface area contributed by atoms with E-state index in [9.17, 15) is 4.79 Å². The van der Waals surface area contributed by atoms with Crippen molar-refractivity contribution in [3.8, 4) is 0 Å². The van der Waals surface area contributed by atoms with Crippen molar-refractivity contribution in [2.45, 2.75) is 26.1 Å². The third-order valence-electron chi connectivity index (χ3n) is 4.64. The SMILES string of the molecule is CC1c2nc3c(cnn3C)c(=O)n2CCN1Cc1ccccc1. The van der Waals surface area contributed by atoms with Gasteiger partial charge in [-0.2, -0.15) is 5.10 Å². The van der Waals surface area contributed by atoms with E-state index >= 15 is 0 Å². The van der Waals surface area contributed by atoms with E-state index in [1.165, 1.54) is 5.56 Å². The molecule has 118 valence electrons. The zero-order chi connectivity index (χ0) is 16.0. The second-order valence-corrected chi connectivity index (χ2v) is 6.06. The Bertz CT molecular complexity index is 912. The molecular weight excluding hydrogens is 290 g/mol. The largest absolute Gasteiger partial charge is 0.293 e. The van der Waals surface area contributed by atoms with Gasteiger partial charge in [0.25, 0.3) is 5.56 Å². The van der Waals surface area contributed by atoms with Crippen LogP contribution >= 0.6 is 0 Å². The van der Waals surface area contributed by atoms with E-state index in [-0.39, 0.29) is 11.6 Å². The molecule has 1 unspecified atom stereocenters. The first-order valence-corrected chi connectivity index (χ1v) is 7.85. The van der Waals surface area contributed by atoms with E-state index in [1.807, 2.05) is 13.1 Å². The Morgan fingerprint density at radius 1 is 1.22 bits per heavy atom. The standard InChI is InChI=1S/C17H19N5O/c1-12-15-19-16-14(10-18-20(16)2)17(23)22(15)9-8-21(12)11-13-6-4-3-5-7-13/h3-7,10,12H,8-9,11H2,1-2H3. The summed E-state index contributed by atoms with van der Waals surface area (Å²) >= 11 is 0. The highest BCUT2D eigenvalue weighted by Gasteiger charge is 2.27. The quantitative estimate of drug-likeness (QED) is 0.723. The molecule has 0 saturated carbocycles. The molecule has 0 spiro atoms. The smallest absolute Gasteiger partial charge is 0.264 e. The summed E-state index contributed by atoms with van der Waals surface area (Å²) in [5.41, 5.74) is 1.95. The molecule has 3 heterocycles. The van der Waals surface area contributed by atoms with Crippen LogP contribution in [-0.4, -0.2) is 30.8 Å². The Morgan fingerprint density at radius 2 is 2.00 bits per heavy atom. The number of benzene rings is 1. The summed E-state index contributed by atoms with van der Waals surface area (Å²) in [6.07, 6.45) is 1.61. The maximum absolute atomic E-state index is 12.6. The molecule has 1 aliphatic heterocycles. The summed E-state index contributed by atoms with van der Waals surface area (Å²) in [7, 11) is 1.82. The van der Waals surface area contributed by atoms with Gasteiger partial charge in [0.1, 0.15) is 11.2 Å². The minimum atomic E-state index is 0.0179. The molecule has 1 atom stereocenters. The average molecular weight is 309 g/mol. The molecule has 3 aromatic rings. The predicted molar refractivity (Wildman–Crippen MR) is 88.0 cm³/mol. The van der Waals surface area contributed by atoms with Crippen molar-refractivity contribution >= 4 is 11.0 Å². The Balaban J connectivity index is 1.74. The first-order valence-electron chi connectivity index (χ1n) is 7.85. The maximum Gasteiger partial charge on any atom is 0.264 e. The molecule has 2 aromatic heterocycles. The van der Waals surface area contributed by atoms with Crippen molar-refractivity contribution in [1.82, 2.24) is 24.2 Å². The normalized spacial score (nSPS) is 18.3. The number of hydrogen-bond donors (Lipinski definition) is 0. The number of aromatic nitrogens is 4. The lowest BCUT2D eigenvalue weighted by Crippen LogP contribution is -2.42. The van der Waals surface area contributed by atoms with Gasteiger partial charge in [-0.25, -0.2) is 4.98 Å². The Morgan fingerprint density at radius 3 is 2.78 bits per heavy atom. The van der Waals surface area contributed by atoms with Crippen LogP contribution in [0.5, 0.6) is 0 Å². The molecule has 4 rings (SSSR count). The van der Waals surface area contributed by atoms with Gasteiger partial charge < -0.3 is 0 Å². The van der Waals surface area contributed by atoms with Gasteiger partial charge in [-0.05, 0) is 12.5 Å². The van der Waals surface area contributed by atoms with Gasteiger partial charge in [0.05, 0.1) is 12.2 Å². The highest BCUT2D eigenvalue weighted by atomic mass is 16.1. The zero-order valence-corrected chi connectivity index (χ0v) is 13.3. The van der Waals surface area contributed by atoms with Gasteiger partial charge in [0.15, 0.2) is 5.65 Å². The minimum absolute atomic E-state index is 0.0179. The monoisotopic (exact) mass is 309 g/mol. The highest BCUT2D eigenvalue weighted by molar-refractivity contribution is 5.73. The Labute approximate surface area is 134 Å². The van der Waals surface area contributed by atoms with Crippen molar-refractivity contribution < 1.29 is 0 Å². The van der Waals surface area contributed by atoms with Crippen LogP contribution in [0.1, 0.15) is 24.4 Å². The summed E-state index contributed by atoms with van der Waals surface area (Å²) in [6, 6.07) is 10.5. The van der Waals surface area contributed by atoms with Crippen LogP contribution in [0.2, 0.25) is 0 Å². The summed E-state index contributed by atoms with van der Waals surface area (Å²) in [4.78, 5) is 19.7. The fourth-order valence-electron chi connectivity index (χ4n) is 3.29. The van der Waals surface area contributed by atoms with Crippen molar-refractivity contribution in [3.05, 3.63) is 58.3 Å². The second kappa shape index (κ2) is 5.31.